The lowest BCUT2D eigenvalue weighted by Crippen LogP contribution is -2.45. The average Bonchev–Trinajstić information content (AvgIpc) is 2.34. The summed E-state index contributed by atoms with van der Waals surface area (Å²) in [6.45, 7) is 4.07. The minimum Gasteiger partial charge on any atom is -0.480 e. The molecule has 0 radical (unpaired) electrons. The summed E-state index contributed by atoms with van der Waals surface area (Å²) in [6, 6.07) is -0.499. The van der Waals surface area contributed by atoms with Crippen LogP contribution in [-0.4, -0.2) is 49.1 Å². The van der Waals surface area contributed by atoms with Crippen LogP contribution in [0.4, 0.5) is 0 Å². The molecule has 1 fully saturated rings. The van der Waals surface area contributed by atoms with Gasteiger partial charge in [-0.05, 0) is 25.7 Å². The number of ether oxygens (including phenoxy) is 2. The predicted molar refractivity (Wildman–Crippen MR) is 68.7 cm³/mol. The molecule has 0 aromatic carbocycles. The molecule has 1 saturated carbocycles. The molecule has 2 N–H and O–H groups in total. The Bertz CT molecular complexity index is 257. The molecule has 5 nitrogen and oxygen atoms in total. The first-order valence-electron chi connectivity index (χ1n) is 6.66. The van der Waals surface area contributed by atoms with E-state index in [-0.39, 0.29) is 24.9 Å². The summed E-state index contributed by atoms with van der Waals surface area (Å²) in [4.78, 5) is 11.1. The maximum absolute atomic E-state index is 11.1. The lowest BCUT2D eigenvalue weighted by atomic mass is 9.95. The molecule has 5 heteroatoms. The van der Waals surface area contributed by atoms with Gasteiger partial charge in [-0.15, -0.1) is 0 Å². The molecule has 0 aliphatic heterocycles. The van der Waals surface area contributed by atoms with Gasteiger partial charge < -0.3 is 19.9 Å². The van der Waals surface area contributed by atoms with Crippen molar-refractivity contribution >= 4 is 5.97 Å². The Labute approximate surface area is 109 Å². The number of aliphatic carboxylic acids is 1. The molecule has 0 aromatic rings. The topological polar surface area (TPSA) is 67.8 Å². The van der Waals surface area contributed by atoms with Crippen LogP contribution in [-0.2, 0) is 14.3 Å². The van der Waals surface area contributed by atoms with Crippen LogP contribution in [0.5, 0.6) is 0 Å². The van der Waals surface area contributed by atoms with E-state index in [0.29, 0.717) is 0 Å². The third-order valence-corrected chi connectivity index (χ3v) is 3.24. The van der Waals surface area contributed by atoms with Crippen molar-refractivity contribution in [3.05, 3.63) is 0 Å². The summed E-state index contributed by atoms with van der Waals surface area (Å²) in [6.07, 6.45) is 4.39. The van der Waals surface area contributed by atoms with Gasteiger partial charge in [-0.1, -0.05) is 13.8 Å². The Morgan fingerprint density at radius 2 is 2.06 bits per heavy atom. The van der Waals surface area contributed by atoms with E-state index in [4.69, 9.17) is 14.6 Å². The summed E-state index contributed by atoms with van der Waals surface area (Å²) in [7, 11) is 1.72. The van der Waals surface area contributed by atoms with Gasteiger partial charge in [0.25, 0.3) is 0 Å². The Hall–Kier alpha value is -0.650. The highest BCUT2D eigenvalue weighted by atomic mass is 16.5. The van der Waals surface area contributed by atoms with Crippen molar-refractivity contribution < 1.29 is 19.4 Å². The second kappa shape index (κ2) is 7.71. The zero-order valence-corrected chi connectivity index (χ0v) is 11.5. The van der Waals surface area contributed by atoms with E-state index in [1.165, 1.54) is 0 Å². The summed E-state index contributed by atoms with van der Waals surface area (Å²) in [5.41, 5.74) is 0. The first-order chi connectivity index (χ1) is 8.52. The monoisotopic (exact) mass is 259 g/mol. The van der Waals surface area contributed by atoms with Crippen LogP contribution in [0.2, 0.25) is 0 Å². The Balaban J connectivity index is 2.34. The number of carboxylic acid groups (broad SMARTS) is 1. The largest absolute Gasteiger partial charge is 0.480 e. The molecule has 18 heavy (non-hydrogen) atoms. The number of carbonyl (C=O) groups is 1. The van der Waals surface area contributed by atoms with E-state index in [9.17, 15) is 4.79 Å². The standard InChI is InChI=1S/C13H25NO4/c1-9(2)14-12(13(15)16)8-18-11-6-4-5-10(7-11)17-3/h9-12,14H,4-8H2,1-3H3,(H,15,16). The fourth-order valence-corrected chi connectivity index (χ4v) is 2.29. The van der Waals surface area contributed by atoms with Crippen LogP contribution in [0, 0.1) is 0 Å². The van der Waals surface area contributed by atoms with Gasteiger partial charge in [0.05, 0.1) is 18.8 Å². The SMILES string of the molecule is COC1CCCC(OCC(NC(C)C)C(=O)O)C1. The third kappa shape index (κ3) is 5.33. The lowest BCUT2D eigenvalue weighted by molar-refractivity contribution is -0.142. The zero-order valence-electron chi connectivity index (χ0n) is 11.5. The highest BCUT2D eigenvalue weighted by Crippen LogP contribution is 2.23. The summed E-state index contributed by atoms with van der Waals surface area (Å²) in [5.74, 6) is -0.859. The van der Waals surface area contributed by atoms with Gasteiger partial charge in [0.15, 0.2) is 0 Å². The van der Waals surface area contributed by atoms with Crippen molar-refractivity contribution in [1.29, 1.82) is 0 Å². The molecule has 0 amide bonds. The summed E-state index contributed by atoms with van der Waals surface area (Å²) >= 11 is 0. The molecule has 0 spiro atoms. The summed E-state index contributed by atoms with van der Waals surface area (Å²) in [5, 5.41) is 12.1. The average molecular weight is 259 g/mol. The first kappa shape index (κ1) is 15.4. The van der Waals surface area contributed by atoms with Crippen molar-refractivity contribution in [3.63, 3.8) is 0 Å². The van der Waals surface area contributed by atoms with Crippen molar-refractivity contribution in [2.45, 2.75) is 63.8 Å². The van der Waals surface area contributed by atoms with Crippen LogP contribution >= 0.6 is 0 Å². The molecule has 0 heterocycles. The van der Waals surface area contributed by atoms with Crippen LogP contribution in [0.3, 0.4) is 0 Å². The van der Waals surface area contributed by atoms with Crippen LogP contribution in [0.15, 0.2) is 0 Å². The van der Waals surface area contributed by atoms with Crippen LogP contribution < -0.4 is 5.32 Å². The zero-order chi connectivity index (χ0) is 13.5. The molecule has 0 saturated heterocycles. The second-order valence-corrected chi connectivity index (χ2v) is 5.19. The molecule has 1 aliphatic rings. The molecular formula is C13H25NO4. The fraction of sp³-hybridized carbons (Fsp3) is 0.923. The van der Waals surface area contributed by atoms with Crippen molar-refractivity contribution in [2.75, 3.05) is 13.7 Å². The minimum absolute atomic E-state index is 0.125. The first-order valence-corrected chi connectivity index (χ1v) is 6.66. The minimum atomic E-state index is -0.859. The molecule has 0 aromatic heterocycles. The van der Waals surface area contributed by atoms with Gasteiger partial charge in [-0.25, -0.2) is 0 Å². The van der Waals surface area contributed by atoms with Gasteiger partial charge >= 0.3 is 5.97 Å². The Morgan fingerprint density at radius 3 is 2.61 bits per heavy atom. The van der Waals surface area contributed by atoms with Gasteiger partial charge in [0.2, 0.25) is 0 Å². The molecule has 106 valence electrons. The van der Waals surface area contributed by atoms with E-state index in [0.717, 1.165) is 25.7 Å². The molecule has 1 rings (SSSR count). The van der Waals surface area contributed by atoms with Gasteiger partial charge in [0, 0.05) is 13.2 Å². The molecule has 3 unspecified atom stereocenters. The van der Waals surface area contributed by atoms with E-state index in [2.05, 4.69) is 5.32 Å². The van der Waals surface area contributed by atoms with Crippen LogP contribution in [0.25, 0.3) is 0 Å². The summed E-state index contributed by atoms with van der Waals surface area (Å²) < 4.78 is 11.0. The Morgan fingerprint density at radius 1 is 1.39 bits per heavy atom. The number of nitrogens with one attached hydrogen (secondary N) is 1. The van der Waals surface area contributed by atoms with Gasteiger partial charge in [-0.3, -0.25) is 4.79 Å². The lowest BCUT2D eigenvalue weighted by Gasteiger charge is -2.29. The normalized spacial score (nSPS) is 26.2. The molecule has 1 aliphatic carbocycles. The maximum atomic E-state index is 11.1. The quantitative estimate of drug-likeness (QED) is 0.723. The third-order valence-electron chi connectivity index (χ3n) is 3.24. The van der Waals surface area contributed by atoms with Crippen molar-refractivity contribution in [3.8, 4) is 0 Å². The van der Waals surface area contributed by atoms with E-state index in [1.807, 2.05) is 13.8 Å². The van der Waals surface area contributed by atoms with E-state index < -0.39 is 12.0 Å². The highest BCUT2D eigenvalue weighted by Gasteiger charge is 2.25. The number of rotatable bonds is 7. The van der Waals surface area contributed by atoms with E-state index >= 15 is 0 Å². The van der Waals surface area contributed by atoms with Crippen molar-refractivity contribution in [2.24, 2.45) is 0 Å². The van der Waals surface area contributed by atoms with Gasteiger partial charge in [-0.2, -0.15) is 0 Å². The van der Waals surface area contributed by atoms with E-state index in [1.54, 1.807) is 7.11 Å². The highest BCUT2D eigenvalue weighted by molar-refractivity contribution is 5.73. The molecule has 0 bridgehead atoms. The van der Waals surface area contributed by atoms with Gasteiger partial charge in [0.1, 0.15) is 6.04 Å². The second-order valence-electron chi connectivity index (χ2n) is 5.19. The van der Waals surface area contributed by atoms with Crippen LogP contribution in [0.1, 0.15) is 39.5 Å². The smallest absolute Gasteiger partial charge is 0.323 e. The number of carboxylic acids is 1. The number of methoxy groups -OCH3 is 1. The number of hydrogen-bond donors (Lipinski definition) is 2. The maximum Gasteiger partial charge on any atom is 0.323 e. The molecule has 3 atom stereocenters. The fourth-order valence-electron chi connectivity index (χ4n) is 2.29. The molecular weight excluding hydrogens is 234 g/mol. The van der Waals surface area contributed by atoms with Crippen molar-refractivity contribution in [1.82, 2.24) is 5.32 Å². The Kier molecular flexibility index (Phi) is 6.60. The number of hydrogen-bond acceptors (Lipinski definition) is 4. The predicted octanol–water partition coefficient (Wildman–Crippen LogP) is 1.41.